The van der Waals surface area contributed by atoms with Gasteiger partial charge in [-0.3, -0.25) is 23.7 Å². The van der Waals surface area contributed by atoms with Crippen molar-refractivity contribution in [3.05, 3.63) is 29.3 Å². The van der Waals surface area contributed by atoms with Gasteiger partial charge < -0.3 is 44.0 Å². The highest BCUT2D eigenvalue weighted by Crippen LogP contribution is 2.48. The molecule has 0 aliphatic carbocycles. The van der Waals surface area contributed by atoms with E-state index in [1.54, 1.807) is 26.0 Å². The first-order valence-corrected chi connectivity index (χ1v) is 26.2. The molecule has 0 heterocycles. The summed E-state index contributed by atoms with van der Waals surface area (Å²) in [5.74, 6) is -2.77. The molecule has 1 rings (SSSR count). The Kier molecular flexibility index (Phi) is 27.1. The van der Waals surface area contributed by atoms with E-state index in [2.05, 4.69) is 59.1 Å². The Morgan fingerprint density at radius 1 is 0.783 bits per heavy atom. The highest BCUT2D eigenvalue weighted by molar-refractivity contribution is 7.54. The highest BCUT2D eigenvalue weighted by Gasteiger charge is 2.45. The number of rotatable bonds is 34. The predicted molar refractivity (Wildman–Crippen MR) is 240 cm³/mol. The van der Waals surface area contributed by atoms with E-state index in [-0.39, 0.29) is 44.3 Å². The molecular formula is C44H80N3O11PSi. The second-order valence-corrected chi connectivity index (χ2v) is 24.3. The van der Waals surface area contributed by atoms with Crippen LogP contribution in [-0.2, 0) is 38.8 Å². The van der Waals surface area contributed by atoms with Crippen molar-refractivity contribution in [3.63, 3.8) is 0 Å². The summed E-state index contributed by atoms with van der Waals surface area (Å²) in [7, 11) is -4.64. The van der Waals surface area contributed by atoms with Crippen molar-refractivity contribution in [2.45, 2.75) is 168 Å². The van der Waals surface area contributed by atoms with E-state index >= 15 is 0 Å². The Labute approximate surface area is 362 Å². The topological polar surface area (TPSA) is 190 Å². The molecule has 0 unspecified atom stereocenters. The first-order valence-electron chi connectivity index (χ1n) is 22.3. The van der Waals surface area contributed by atoms with Gasteiger partial charge in [0.2, 0.25) is 11.8 Å². The van der Waals surface area contributed by atoms with Crippen LogP contribution in [0.3, 0.4) is 0 Å². The molecule has 1 aromatic rings. The summed E-state index contributed by atoms with van der Waals surface area (Å²) in [6, 6.07) is 3.62. The summed E-state index contributed by atoms with van der Waals surface area (Å²) in [4.78, 5) is 52.8. The second kappa shape index (κ2) is 29.5. The van der Waals surface area contributed by atoms with Crippen LogP contribution < -0.4 is 15.4 Å². The number of ether oxygens (including phenoxy) is 1. The maximum Gasteiger partial charge on any atom is 0.340 e. The van der Waals surface area contributed by atoms with E-state index in [0.717, 1.165) is 36.1 Å². The van der Waals surface area contributed by atoms with Crippen molar-refractivity contribution in [3.8, 4) is 5.75 Å². The zero-order valence-corrected chi connectivity index (χ0v) is 40.4. The molecule has 4 N–H and O–H groups in total. The number of carboxylic acid groups (broad SMARTS) is 1. The minimum absolute atomic E-state index is 0.0740. The lowest BCUT2D eigenvalue weighted by molar-refractivity contribution is -0.138. The first-order chi connectivity index (χ1) is 28.4. The number of unbranched alkanes of at least 4 members (excludes halogenated alkanes) is 9. The van der Waals surface area contributed by atoms with Gasteiger partial charge in [0.25, 0.3) is 5.91 Å². The molecule has 0 saturated heterocycles. The maximum absolute atomic E-state index is 13.9. The number of amides is 3. The van der Waals surface area contributed by atoms with E-state index < -0.39 is 70.8 Å². The summed E-state index contributed by atoms with van der Waals surface area (Å²) < 4.78 is 36.2. The van der Waals surface area contributed by atoms with Gasteiger partial charge in [0, 0.05) is 7.05 Å². The number of aliphatic hydroxyl groups excluding tert-OH is 1. The van der Waals surface area contributed by atoms with Crippen LogP contribution >= 0.6 is 7.60 Å². The van der Waals surface area contributed by atoms with Crippen molar-refractivity contribution < 1.29 is 52.2 Å². The average molecular weight is 886 g/mol. The normalized spacial score (nSPS) is 13.1. The molecule has 16 heteroatoms. The Morgan fingerprint density at radius 3 is 1.83 bits per heavy atom. The molecular weight excluding hydrogens is 806 g/mol. The number of hydrogen-bond donors (Lipinski definition) is 4. The number of carbonyl (C=O) groups excluding carboxylic acids is 3. The van der Waals surface area contributed by atoms with Crippen LogP contribution in [-0.4, -0.2) is 112 Å². The van der Waals surface area contributed by atoms with Crippen LogP contribution in [0, 0.1) is 0 Å². The van der Waals surface area contributed by atoms with E-state index in [1.807, 2.05) is 6.07 Å². The predicted octanol–water partition coefficient (Wildman–Crippen LogP) is 8.50. The summed E-state index contributed by atoms with van der Waals surface area (Å²) in [6.07, 6.45) is 11.7. The monoisotopic (exact) mass is 886 g/mol. The number of carbonyl (C=O) groups is 4. The van der Waals surface area contributed by atoms with Crippen LogP contribution in [0.1, 0.15) is 149 Å². The fourth-order valence-electron chi connectivity index (χ4n) is 7.93. The molecule has 14 nitrogen and oxygen atoms in total. The van der Waals surface area contributed by atoms with Gasteiger partial charge in [-0.1, -0.05) is 112 Å². The number of nitrogens with one attached hydrogen (secondary N) is 2. The van der Waals surface area contributed by atoms with E-state index in [4.69, 9.17) is 18.2 Å². The Bertz CT molecular complexity index is 1450. The molecule has 0 saturated carbocycles. The molecule has 0 aliphatic heterocycles. The molecule has 0 aliphatic rings. The van der Waals surface area contributed by atoms with Crippen LogP contribution in [0.15, 0.2) is 18.2 Å². The molecule has 1 aromatic carbocycles. The minimum Gasteiger partial charge on any atom is -0.491 e. The van der Waals surface area contributed by atoms with Crippen LogP contribution in [0.2, 0.25) is 16.6 Å². The zero-order valence-electron chi connectivity index (χ0n) is 38.5. The Morgan fingerprint density at radius 2 is 1.33 bits per heavy atom. The number of benzene rings is 1. The number of aryl methyl sites for hydroxylation is 1. The van der Waals surface area contributed by atoms with Crippen molar-refractivity contribution >= 4 is 39.6 Å². The quantitative estimate of drug-likeness (QED) is 0.0295. The van der Waals surface area contributed by atoms with Crippen LogP contribution in [0.5, 0.6) is 5.75 Å². The smallest absolute Gasteiger partial charge is 0.340 e. The maximum atomic E-state index is 13.9. The third kappa shape index (κ3) is 19.9. The molecule has 60 heavy (non-hydrogen) atoms. The SMILES string of the molecule is CCCCCCCCCCCCc1ccc(C(=O)N[C@H](CO)CO[Si](C(C)C)(C(C)C)C(C)C)c(OC[C@H](CC(=O)O)NC(=O)CN(C)C(=O)CP(=O)(OCC)OCC)c1. The Hall–Kier alpha value is -2.81. The zero-order chi connectivity index (χ0) is 45.3. The van der Waals surface area contributed by atoms with Gasteiger partial charge in [-0.15, -0.1) is 0 Å². The summed E-state index contributed by atoms with van der Waals surface area (Å²) >= 11 is 0. The number of aliphatic hydroxyl groups is 1. The third-order valence-electron chi connectivity index (χ3n) is 10.9. The molecule has 0 aromatic heterocycles. The molecule has 346 valence electrons. The van der Waals surface area contributed by atoms with Crippen molar-refractivity contribution in [2.75, 3.05) is 52.8 Å². The third-order valence-corrected chi connectivity index (χ3v) is 19.0. The average Bonchev–Trinajstić information content (AvgIpc) is 3.16. The minimum atomic E-state index is -3.71. The van der Waals surface area contributed by atoms with Gasteiger partial charge >= 0.3 is 13.6 Å². The lowest BCUT2D eigenvalue weighted by Crippen LogP contribution is -2.51. The largest absolute Gasteiger partial charge is 0.491 e. The number of carboxylic acids is 1. The molecule has 3 amide bonds. The van der Waals surface area contributed by atoms with Gasteiger partial charge in [-0.25, -0.2) is 0 Å². The molecule has 0 fully saturated rings. The van der Waals surface area contributed by atoms with E-state index in [1.165, 1.54) is 52.0 Å². The van der Waals surface area contributed by atoms with Gasteiger partial charge in [0.05, 0.1) is 57.0 Å². The molecule has 0 radical (unpaired) electrons. The van der Waals surface area contributed by atoms with Gasteiger partial charge in [0.15, 0.2) is 8.32 Å². The first kappa shape index (κ1) is 55.2. The fourth-order valence-corrected chi connectivity index (χ4v) is 15.0. The van der Waals surface area contributed by atoms with Gasteiger partial charge in [-0.05, 0) is 61.0 Å². The lowest BCUT2D eigenvalue weighted by atomic mass is 10.0. The number of nitrogens with zero attached hydrogens (tertiary/aromatic N) is 1. The summed E-state index contributed by atoms with van der Waals surface area (Å²) in [5, 5.41) is 25.6. The van der Waals surface area contributed by atoms with Gasteiger partial charge in [-0.2, -0.15) is 0 Å². The van der Waals surface area contributed by atoms with Crippen molar-refractivity contribution in [2.24, 2.45) is 0 Å². The van der Waals surface area contributed by atoms with Crippen LogP contribution in [0.25, 0.3) is 0 Å². The number of hydrogen-bond acceptors (Lipinski definition) is 10. The second-order valence-electron chi connectivity index (χ2n) is 16.8. The summed E-state index contributed by atoms with van der Waals surface area (Å²) in [5.41, 5.74) is 2.08. The molecule has 0 bridgehead atoms. The molecule has 0 spiro atoms. The Balaban J connectivity index is 3.22. The lowest BCUT2D eigenvalue weighted by Gasteiger charge is -2.43. The number of aliphatic carboxylic acids is 1. The fraction of sp³-hybridized carbons (Fsp3) is 0.773. The van der Waals surface area contributed by atoms with E-state index in [0.29, 0.717) is 16.6 Å². The standard InChI is InChI=1S/C44H80N3O11PSi/c1-11-14-15-16-17-18-19-20-21-22-23-36-24-25-39(44(53)46-38(29-48)31-58-60(33(4)5,34(6)7)35(8)9)40(26-36)55-30-37(27-43(51)52)45-41(49)28-47(10)42(50)32-59(54,56-12-2)57-13-3/h24-26,33-35,37-38,48H,11-23,27-32H2,1-10H3,(H,45,49)(H,46,53)(H,51,52)/t37-,38+/m0/s1. The number of likely N-dealkylation sites (N-methyl/N-ethyl adjacent to an activating group) is 1. The van der Waals surface area contributed by atoms with Crippen LogP contribution in [0.4, 0.5) is 0 Å². The van der Waals surface area contributed by atoms with E-state index in [9.17, 15) is 34.0 Å². The molecule has 2 atom stereocenters. The highest BCUT2D eigenvalue weighted by atomic mass is 31.2. The summed E-state index contributed by atoms with van der Waals surface area (Å²) in [6.45, 7) is 17.7. The van der Waals surface area contributed by atoms with Crippen molar-refractivity contribution in [1.82, 2.24) is 15.5 Å². The van der Waals surface area contributed by atoms with Gasteiger partial charge in [0.1, 0.15) is 18.5 Å². The van der Waals surface area contributed by atoms with Crippen molar-refractivity contribution in [1.29, 1.82) is 0 Å².